The standard InChI is InChI=1S/C18H25F2N5/c1-14-21-22-23-25(14)11-3-10-24-9-2-4-16(13-24)6-5-15-7-8-17(19)18(20)12-15/h7-8,12,16H,2-6,9-11,13H2,1H3. The number of tetrazole rings is 1. The fourth-order valence-electron chi connectivity index (χ4n) is 3.56. The molecule has 1 aliphatic rings. The summed E-state index contributed by atoms with van der Waals surface area (Å²) in [6.45, 7) is 6.01. The van der Waals surface area contributed by atoms with Gasteiger partial charge in [-0.05, 0) is 86.2 Å². The van der Waals surface area contributed by atoms with Gasteiger partial charge in [0.15, 0.2) is 11.6 Å². The molecule has 1 aromatic carbocycles. The van der Waals surface area contributed by atoms with Crippen LogP contribution in [0.5, 0.6) is 0 Å². The van der Waals surface area contributed by atoms with Gasteiger partial charge in [-0.15, -0.1) is 5.10 Å². The first-order valence-electron chi connectivity index (χ1n) is 9.01. The van der Waals surface area contributed by atoms with Gasteiger partial charge in [0.05, 0.1) is 0 Å². The van der Waals surface area contributed by atoms with Crippen molar-refractivity contribution in [2.75, 3.05) is 19.6 Å². The number of hydrogen-bond donors (Lipinski definition) is 0. The summed E-state index contributed by atoms with van der Waals surface area (Å²) >= 11 is 0. The first-order chi connectivity index (χ1) is 12.1. The zero-order valence-corrected chi connectivity index (χ0v) is 14.7. The zero-order chi connectivity index (χ0) is 17.6. The Morgan fingerprint density at radius 2 is 2.08 bits per heavy atom. The molecule has 0 saturated carbocycles. The van der Waals surface area contributed by atoms with Gasteiger partial charge in [-0.3, -0.25) is 0 Å². The molecule has 0 bridgehead atoms. The molecule has 1 atom stereocenters. The van der Waals surface area contributed by atoms with E-state index in [1.165, 1.54) is 25.0 Å². The molecule has 5 nitrogen and oxygen atoms in total. The van der Waals surface area contributed by atoms with Crippen LogP contribution in [0.25, 0.3) is 0 Å². The Hall–Kier alpha value is -1.89. The average Bonchev–Trinajstić information content (AvgIpc) is 3.01. The SMILES string of the molecule is Cc1nnnn1CCCN1CCCC(CCc2ccc(F)c(F)c2)C1. The summed E-state index contributed by atoms with van der Waals surface area (Å²) in [7, 11) is 0. The van der Waals surface area contributed by atoms with Crippen molar-refractivity contribution in [2.45, 2.75) is 45.6 Å². The highest BCUT2D eigenvalue weighted by Gasteiger charge is 2.19. The van der Waals surface area contributed by atoms with Crippen LogP contribution in [0.1, 0.15) is 37.1 Å². The second-order valence-corrected chi connectivity index (χ2v) is 6.90. The van der Waals surface area contributed by atoms with Crippen molar-refractivity contribution in [3.8, 4) is 0 Å². The van der Waals surface area contributed by atoms with Crippen LogP contribution in [0.3, 0.4) is 0 Å². The van der Waals surface area contributed by atoms with Crippen molar-refractivity contribution in [2.24, 2.45) is 5.92 Å². The second-order valence-electron chi connectivity index (χ2n) is 6.90. The molecule has 1 fully saturated rings. The van der Waals surface area contributed by atoms with Crippen molar-refractivity contribution in [3.05, 3.63) is 41.2 Å². The van der Waals surface area contributed by atoms with Crippen LogP contribution >= 0.6 is 0 Å². The van der Waals surface area contributed by atoms with Gasteiger partial charge < -0.3 is 4.90 Å². The molecule has 2 heterocycles. The van der Waals surface area contributed by atoms with Crippen LogP contribution in [-0.4, -0.2) is 44.7 Å². The van der Waals surface area contributed by atoms with Gasteiger partial charge in [-0.1, -0.05) is 6.07 Å². The lowest BCUT2D eigenvalue weighted by Gasteiger charge is -2.32. The zero-order valence-electron chi connectivity index (χ0n) is 14.7. The number of benzene rings is 1. The maximum absolute atomic E-state index is 13.3. The van der Waals surface area contributed by atoms with Gasteiger partial charge in [0.25, 0.3) is 0 Å². The monoisotopic (exact) mass is 349 g/mol. The van der Waals surface area contributed by atoms with E-state index < -0.39 is 11.6 Å². The number of nitrogens with zero attached hydrogens (tertiary/aromatic N) is 5. The molecule has 1 aliphatic heterocycles. The van der Waals surface area contributed by atoms with E-state index in [4.69, 9.17) is 0 Å². The number of halogens is 2. The van der Waals surface area contributed by atoms with Crippen LogP contribution in [-0.2, 0) is 13.0 Å². The summed E-state index contributed by atoms with van der Waals surface area (Å²) < 4.78 is 28.1. The smallest absolute Gasteiger partial charge is 0.159 e. The van der Waals surface area contributed by atoms with Gasteiger partial charge in [0.2, 0.25) is 0 Å². The summed E-state index contributed by atoms with van der Waals surface area (Å²) in [5.74, 6) is -0.0502. The predicted molar refractivity (Wildman–Crippen MR) is 91.0 cm³/mol. The molecule has 25 heavy (non-hydrogen) atoms. The fraction of sp³-hybridized carbons (Fsp3) is 0.611. The molecule has 1 unspecified atom stereocenters. The highest BCUT2D eigenvalue weighted by molar-refractivity contribution is 5.17. The second kappa shape index (κ2) is 8.47. The number of likely N-dealkylation sites (tertiary alicyclic amines) is 1. The minimum absolute atomic E-state index is 0.622. The van der Waals surface area contributed by atoms with Gasteiger partial charge in [-0.2, -0.15) is 0 Å². The van der Waals surface area contributed by atoms with E-state index in [0.717, 1.165) is 56.8 Å². The Morgan fingerprint density at radius 3 is 2.84 bits per heavy atom. The van der Waals surface area contributed by atoms with Crippen molar-refractivity contribution in [3.63, 3.8) is 0 Å². The van der Waals surface area contributed by atoms with Crippen LogP contribution in [0.2, 0.25) is 0 Å². The highest BCUT2D eigenvalue weighted by atomic mass is 19.2. The molecule has 1 saturated heterocycles. The van der Waals surface area contributed by atoms with Crippen molar-refractivity contribution in [1.29, 1.82) is 0 Å². The van der Waals surface area contributed by atoms with Crippen molar-refractivity contribution in [1.82, 2.24) is 25.1 Å². The topological polar surface area (TPSA) is 46.8 Å². The normalized spacial score (nSPS) is 18.6. The summed E-state index contributed by atoms with van der Waals surface area (Å²) in [5.41, 5.74) is 0.880. The van der Waals surface area contributed by atoms with Crippen molar-refractivity contribution < 1.29 is 8.78 Å². The third-order valence-electron chi connectivity index (χ3n) is 4.98. The third kappa shape index (κ3) is 5.04. The average molecular weight is 349 g/mol. The number of piperidine rings is 1. The molecule has 3 rings (SSSR count). The number of hydrogen-bond acceptors (Lipinski definition) is 4. The molecule has 0 radical (unpaired) electrons. The molecule has 2 aromatic rings. The van der Waals surface area contributed by atoms with E-state index in [2.05, 4.69) is 20.4 Å². The molecule has 0 aliphatic carbocycles. The lowest BCUT2D eigenvalue weighted by molar-refractivity contribution is 0.164. The number of aromatic nitrogens is 4. The Bertz CT molecular complexity index is 688. The molecule has 0 amide bonds. The summed E-state index contributed by atoms with van der Waals surface area (Å²) in [4.78, 5) is 2.50. The molecule has 7 heteroatoms. The van der Waals surface area contributed by atoms with Gasteiger partial charge >= 0.3 is 0 Å². The molecule has 136 valence electrons. The molecule has 0 spiro atoms. The van der Waals surface area contributed by atoms with Gasteiger partial charge in [0.1, 0.15) is 5.82 Å². The Kier molecular flexibility index (Phi) is 6.07. The van der Waals surface area contributed by atoms with Crippen LogP contribution < -0.4 is 0 Å². The molecule has 1 aromatic heterocycles. The van der Waals surface area contributed by atoms with Gasteiger partial charge in [-0.25, -0.2) is 13.5 Å². The molecule has 0 N–H and O–H groups in total. The largest absolute Gasteiger partial charge is 0.303 e. The molecular weight excluding hydrogens is 324 g/mol. The first-order valence-corrected chi connectivity index (χ1v) is 9.01. The molecular formula is C18H25F2N5. The van der Waals surface area contributed by atoms with E-state index in [-0.39, 0.29) is 0 Å². The third-order valence-corrected chi connectivity index (χ3v) is 4.98. The fourth-order valence-corrected chi connectivity index (χ4v) is 3.56. The number of rotatable bonds is 7. The van der Waals surface area contributed by atoms with E-state index in [1.54, 1.807) is 6.07 Å². The first kappa shape index (κ1) is 17.9. The lowest BCUT2D eigenvalue weighted by Crippen LogP contribution is -2.36. The maximum Gasteiger partial charge on any atom is 0.159 e. The Morgan fingerprint density at radius 1 is 1.20 bits per heavy atom. The van der Waals surface area contributed by atoms with Crippen LogP contribution in [0, 0.1) is 24.5 Å². The van der Waals surface area contributed by atoms with E-state index in [1.807, 2.05) is 11.6 Å². The quantitative estimate of drug-likeness (QED) is 0.771. The van der Waals surface area contributed by atoms with E-state index >= 15 is 0 Å². The van der Waals surface area contributed by atoms with Gasteiger partial charge in [0, 0.05) is 13.1 Å². The lowest BCUT2D eigenvalue weighted by atomic mass is 9.91. The summed E-state index contributed by atoms with van der Waals surface area (Å²) in [6, 6.07) is 4.23. The van der Waals surface area contributed by atoms with Crippen LogP contribution in [0.15, 0.2) is 18.2 Å². The van der Waals surface area contributed by atoms with Crippen molar-refractivity contribution >= 4 is 0 Å². The predicted octanol–water partition coefficient (Wildman–Crippen LogP) is 2.99. The number of aryl methyl sites for hydroxylation is 3. The Labute approximate surface area is 147 Å². The minimum Gasteiger partial charge on any atom is -0.303 e. The van der Waals surface area contributed by atoms with Crippen LogP contribution in [0.4, 0.5) is 8.78 Å². The highest BCUT2D eigenvalue weighted by Crippen LogP contribution is 2.22. The van der Waals surface area contributed by atoms with E-state index in [0.29, 0.717) is 5.92 Å². The maximum atomic E-state index is 13.3. The Balaban J connectivity index is 1.41. The minimum atomic E-state index is -0.773. The summed E-state index contributed by atoms with van der Waals surface area (Å²) in [6.07, 6.45) is 5.27. The van der Waals surface area contributed by atoms with E-state index in [9.17, 15) is 8.78 Å². The summed E-state index contributed by atoms with van der Waals surface area (Å²) in [5, 5.41) is 11.5.